The molecule has 0 aromatic heterocycles. The van der Waals surface area contributed by atoms with E-state index in [1.807, 2.05) is 33.9 Å². The lowest BCUT2D eigenvalue weighted by Gasteiger charge is -2.27. The number of rotatable bonds is 6. The van der Waals surface area contributed by atoms with Crippen molar-refractivity contribution in [3.05, 3.63) is 50.5 Å². The van der Waals surface area contributed by atoms with Gasteiger partial charge < -0.3 is 4.90 Å². The molecule has 1 aromatic rings. The van der Waals surface area contributed by atoms with Gasteiger partial charge in [-0.2, -0.15) is 0 Å². The molecule has 0 radical (unpaired) electrons. The summed E-state index contributed by atoms with van der Waals surface area (Å²) in [6.07, 6.45) is 3.39. The molecule has 0 atom stereocenters. The lowest BCUT2D eigenvalue weighted by atomic mass is 9.88. The Balaban J connectivity index is 2.25. The molecule has 1 aliphatic rings. The summed E-state index contributed by atoms with van der Waals surface area (Å²) in [6, 6.07) is 4.29. The summed E-state index contributed by atoms with van der Waals surface area (Å²) in [5.41, 5.74) is 5.67. The second-order valence-electron chi connectivity index (χ2n) is 7.48. The van der Waals surface area contributed by atoms with Crippen molar-refractivity contribution < 1.29 is 9.59 Å². The van der Waals surface area contributed by atoms with Crippen LogP contribution in [-0.4, -0.2) is 24.7 Å². The predicted molar refractivity (Wildman–Crippen MR) is 112 cm³/mol. The molecule has 0 spiro atoms. The average Bonchev–Trinajstić information content (AvgIpc) is 2.54. The number of ketones is 2. The molecule has 1 aliphatic carbocycles. The molecule has 0 heterocycles. The van der Waals surface area contributed by atoms with Gasteiger partial charge in [0.05, 0.1) is 0 Å². The highest BCUT2D eigenvalue weighted by atomic mass is 79.9. The van der Waals surface area contributed by atoms with Crippen molar-refractivity contribution in [3.8, 4) is 0 Å². The van der Waals surface area contributed by atoms with Crippen molar-refractivity contribution in [2.45, 2.75) is 59.9 Å². The number of carbonyl (C=O) groups is 2. The van der Waals surface area contributed by atoms with E-state index in [0.29, 0.717) is 25.3 Å². The highest BCUT2D eigenvalue weighted by Crippen LogP contribution is 2.31. The Bertz CT molecular complexity index is 803. The molecular weight excluding hydrogens is 390 g/mol. The topological polar surface area (TPSA) is 37.4 Å². The second-order valence-corrected chi connectivity index (χ2v) is 8.39. The molecule has 140 valence electrons. The van der Waals surface area contributed by atoms with Crippen LogP contribution in [0.5, 0.6) is 0 Å². The number of hydrogen-bond acceptors (Lipinski definition) is 3. The fourth-order valence-electron chi connectivity index (χ4n) is 3.40. The van der Waals surface area contributed by atoms with Crippen molar-refractivity contribution in [3.63, 3.8) is 0 Å². The lowest BCUT2D eigenvalue weighted by molar-refractivity contribution is -0.115. The van der Waals surface area contributed by atoms with E-state index in [-0.39, 0.29) is 11.6 Å². The molecule has 4 heteroatoms. The van der Waals surface area contributed by atoms with E-state index in [2.05, 4.69) is 46.8 Å². The van der Waals surface area contributed by atoms with E-state index < -0.39 is 0 Å². The zero-order valence-electron chi connectivity index (χ0n) is 16.6. The monoisotopic (exact) mass is 417 g/mol. The fourth-order valence-corrected chi connectivity index (χ4v) is 3.84. The van der Waals surface area contributed by atoms with Gasteiger partial charge in [-0.05, 0) is 69.9 Å². The van der Waals surface area contributed by atoms with E-state index in [1.165, 1.54) is 0 Å². The SMILES string of the molecule is CC1=CC(C)=C(CCC(=O)c2cc(Br)cc(N(C)C(C)C)c2C)C(=O)C1. The molecule has 0 amide bonds. The first-order valence-corrected chi connectivity index (χ1v) is 9.87. The van der Waals surface area contributed by atoms with Crippen LogP contribution >= 0.6 is 15.9 Å². The Morgan fingerprint density at radius 1 is 1.23 bits per heavy atom. The van der Waals surface area contributed by atoms with Gasteiger partial charge in [0.15, 0.2) is 11.6 Å². The van der Waals surface area contributed by atoms with Gasteiger partial charge in [-0.15, -0.1) is 0 Å². The van der Waals surface area contributed by atoms with Crippen molar-refractivity contribution in [2.24, 2.45) is 0 Å². The summed E-state index contributed by atoms with van der Waals surface area (Å²) in [6.45, 7) is 10.2. The van der Waals surface area contributed by atoms with Crippen LogP contribution in [0.4, 0.5) is 5.69 Å². The highest BCUT2D eigenvalue weighted by Gasteiger charge is 2.21. The maximum atomic E-state index is 12.9. The summed E-state index contributed by atoms with van der Waals surface area (Å²) in [5, 5.41) is 0. The van der Waals surface area contributed by atoms with Gasteiger partial charge in [-0.3, -0.25) is 9.59 Å². The first-order valence-electron chi connectivity index (χ1n) is 9.08. The summed E-state index contributed by atoms with van der Waals surface area (Å²) >= 11 is 3.54. The zero-order valence-corrected chi connectivity index (χ0v) is 18.2. The summed E-state index contributed by atoms with van der Waals surface area (Å²) in [4.78, 5) is 27.3. The molecule has 0 unspecified atom stereocenters. The molecular formula is C22H28BrNO2. The summed E-state index contributed by atoms with van der Waals surface area (Å²) in [7, 11) is 2.04. The first kappa shape index (κ1) is 20.6. The standard InChI is InChI=1S/C22H28BrNO2/c1-13(2)24(6)20-12-17(23)11-19(16(20)5)21(25)8-7-18-15(4)9-14(3)10-22(18)26/h9,11-13H,7-8,10H2,1-6H3. The van der Waals surface area contributed by atoms with Crippen LogP contribution in [0.2, 0.25) is 0 Å². The third kappa shape index (κ3) is 4.53. The largest absolute Gasteiger partial charge is 0.372 e. The number of anilines is 1. The van der Waals surface area contributed by atoms with Gasteiger partial charge in [-0.1, -0.05) is 27.6 Å². The van der Waals surface area contributed by atoms with Crippen molar-refractivity contribution in [2.75, 3.05) is 11.9 Å². The maximum Gasteiger partial charge on any atom is 0.163 e. The summed E-state index contributed by atoms with van der Waals surface area (Å²) in [5.74, 6) is 0.239. The molecule has 0 bridgehead atoms. The van der Waals surface area contributed by atoms with Gasteiger partial charge in [0, 0.05) is 41.7 Å². The van der Waals surface area contributed by atoms with Gasteiger partial charge in [0.2, 0.25) is 0 Å². The van der Waals surface area contributed by atoms with Crippen LogP contribution in [-0.2, 0) is 4.79 Å². The minimum absolute atomic E-state index is 0.0848. The molecule has 0 N–H and O–H groups in total. The predicted octanol–water partition coefficient (Wildman–Crippen LogP) is 5.80. The molecule has 0 saturated heterocycles. The Morgan fingerprint density at radius 2 is 1.88 bits per heavy atom. The number of Topliss-reactive ketones (excluding diaryl/α,β-unsaturated/α-hetero) is 2. The third-order valence-corrected chi connectivity index (χ3v) is 5.57. The van der Waals surface area contributed by atoms with Crippen LogP contribution in [0.15, 0.2) is 39.4 Å². The minimum Gasteiger partial charge on any atom is -0.372 e. The average molecular weight is 418 g/mol. The number of allylic oxidation sites excluding steroid dienone is 4. The van der Waals surface area contributed by atoms with E-state index >= 15 is 0 Å². The van der Waals surface area contributed by atoms with E-state index in [0.717, 1.165) is 38.0 Å². The highest BCUT2D eigenvalue weighted by molar-refractivity contribution is 9.10. The van der Waals surface area contributed by atoms with E-state index in [1.54, 1.807) is 0 Å². The minimum atomic E-state index is 0.0848. The van der Waals surface area contributed by atoms with Crippen molar-refractivity contribution in [1.82, 2.24) is 0 Å². The Labute approximate surface area is 165 Å². The smallest absolute Gasteiger partial charge is 0.163 e. The number of benzene rings is 1. The van der Waals surface area contributed by atoms with Gasteiger partial charge in [-0.25, -0.2) is 0 Å². The Kier molecular flexibility index (Phi) is 6.62. The van der Waals surface area contributed by atoms with E-state index in [9.17, 15) is 9.59 Å². The molecule has 1 aromatic carbocycles. The molecule has 26 heavy (non-hydrogen) atoms. The zero-order chi connectivity index (χ0) is 19.6. The second kappa shape index (κ2) is 8.34. The quantitative estimate of drug-likeness (QED) is 0.548. The normalized spacial score (nSPS) is 14.8. The van der Waals surface area contributed by atoms with Gasteiger partial charge in [0.1, 0.15) is 0 Å². The molecule has 0 saturated carbocycles. The van der Waals surface area contributed by atoms with Crippen molar-refractivity contribution >= 4 is 33.2 Å². The van der Waals surface area contributed by atoms with Crippen LogP contribution in [0, 0.1) is 6.92 Å². The molecule has 0 fully saturated rings. The van der Waals surface area contributed by atoms with E-state index in [4.69, 9.17) is 0 Å². The Hall–Kier alpha value is -1.68. The number of hydrogen-bond donors (Lipinski definition) is 0. The Morgan fingerprint density at radius 3 is 2.46 bits per heavy atom. The van der Waals surface area contributed by atoms with Gasteiger partial charge in [0.25, 0.3) is 0 Å². The van der Waals surface area contributed by atoms with Crippen LogP contribution in [0.1, 0.15) is 62.9 Å². The number of nitrogens with zero attached hydrogens (tertiary/aromatic N) is 1. The maximum absolute atomic E-state index is 12.9. The van der Waals surface area contributed by atoms with Gasteiger partial charge >= 0.3 is 0 Å². The van der Waals surface area contributed by atoms with Crippen LogP contribution < -0.4 is 4.90 Å². The van der Waals surface area contributed by atoms with Crippen LogP contribution in [0.3, 0.4) is 0 Å². The van der Waals surface area contributed by atoms with Crippen LogP contribution in [0.25, 0.3) is 0 Å². The third-order valence-electron chi connectivity index (χ3n) is 5.12. The first-order chi connectivity index (χ1) is 12.1. The summed E-state index contributed by atoms with van der Waals surface area (Å²) < 4.78 is 0.900. The number of carbonyl (C=O) groups excluding carboxylic acids is 2. The van der Waals surface area contributed by atoms with Crippen molar-refractivity contribution in [1.29, 1.82) is 0 Å². The number of halogens is 1. The molecule has 3 nitrogen and oxygen atoms in total. The lowest BCUT2D eigenvalue weighted by Crippen LogP contribution is -2.27. The molecule has 2 rings (SSSR count). The molecule has 0 aliphatic heterocycles. The fraction of sp³-hybridized carbons (Fsp3) is 0.455.